The summed E-state index contributed by atoms with van der Waals surface area (Å²) >= 11 is 0. The Bertz CT molecular complexity index is 462. The number of aromatic nitrogens is 2. The van der Waals surface area contributed by atoms with E-state index in [1.54, 1.807) is 6.20 Å². The summed E-state index contributed by atoms with van der Waals surface area (Å²) in [7, 11) is 0. The molecule has 0 bridgehead atoms. The fraction of sp³-hybridized carbons (Fsp3) is 0.643. The van der Waals surface area contributed by atoms with Crippen LogP contribution < -0.4 is 4.90 Å². The van der Waals surface area contributed by atoms with Gasteiger partial charge in [0.25, 0.3) is 0 Å². The van der Waals surface area contributed by atoms with Crippen molar-refractivity contribution in [3.05, 3.63) is 17.6 Å². The van der Waals surface area contributed by atoms with E-state index in [0.717, 1.165) is 36.6 Å². The molecule has 5 nitrogen and oxygen atoms in total. The number of carbonyl (C=O) groups excluding carboxylic acids is 1. The number of rotatable bonds is 3. The Morgan fingerprint density at radius 2 is 2.26 bits per heavy atom. The highest BCUT2D eigenvalue weighted by molar-refractivity contribution is 5.73. The highest BCUT2D eigenvalue weighted by Crippen LogP contribution is 2.22. The number of carbonyl (C=O) groups is 1. The SMILES string of the molecule is CCOC(=O)C1CCCN(c2cnc(C)c(C)n2)C1. The molecule has 0 spiro atoms. The molecule has 19 heavy (non-hydrogen) atoms. The highest BCUT2D eigenvalue weighted by Gasteiger charge is 2.27. The molecule has 2 rings (SSSR count). The average molecular weight is 263 g/mol. The van der Waals surface area contributed by atoms with Crippen molar-refractivity contribution in [2.75, 3.05) is 24.6 Å². The van der Waals surface area contributed by atoms with Gasteiger partial charge in [0.2, 0.25) is 0 Å². The van der Waals surface area contributed by atoms with E-state index in [2.05, 4.69) is 14.9 Å². The van der Waals surface area contributed by atoms with Crippen molar-refractivity contribution >= 4 is 11.8 Å². The molecular weight excluding hydrogens is 242 g/mol. The van der Waals surface area contributed by atoms with Gasteiger partial charge in [0.1, 0.15) is 5.82 Å². The molecule has 0 aromatic carbocycles. The molecule has 0 N–H and O–H groups in total. The minimum Gasteiger partial charge on any atom is -0.466 e. The Morgan fingerprint density at radius 1 is 1.47 bits per heavy atom. The fourth-order valence-corrected chi connectivity index (χ4v) is 2.32. The van der Waals surface area contributed by atoms with Crippen LogP contribution in [0.1, 0.15) is 31.2 Å². The molecule has 1 unspecified atom stereocenters. The molecule has 1 aliphatic rings. The number of anilines is 1. The zero-order valence-corrected chi connectivity index (χ0v) is 11.8. The van der Waals surface area contributed by atoms with Crippen LogP contribution in [0.15, 0.2) is 6.20 Å². The van der Waals surface area contributed by atoms with Crippen LogP contribution >= 0.6 is 0 Å². The van der Waals surface area contributed by atoms with Crippen LogP contribution in [0, 0.1) is 19.8 Å². The van der Waals surface area contributed by atoms with Gasteiger partial charge >= 0.3 is 5.97 Å². The fourth-order valence-electron chi connectivity index (χ4n) is 2.32. The van der Waals surface area contributed by atoms with E-state index < -0.39 is 0 Å². The van der Waals surface area contributed by atoms with Crippen LogP contribution in [0.3, 0.4) is 0 Å². The topological polar surface area (TPSA) is 55.3 Å². The lowest BCUT2D eigenvalue weighted by molar-refractivity contribution is -0.148. The molecule has 1 fully saturated rings. The molecule has 1 saturated heterocycles. The van der Waals surface area contributed by atoms with E-state index in [1.165, 1.54) is 0 Å². The Morgan fingerprint density at radius 3 is 2.95 bits per heavy atom. The first-order valence-corrected chi connectivity index (χ1v) is 6.83. The normalized spacial score (nSPS) is 19.3. The van der Waals surface area contributed by atoms with Crippen LogP contribution in [-0.4, -0.2) is 35.6 Å². The third-order valence-corrected chi connectivity index (χ3v) is 3.54. The van der Waals surface area contributed by atoms with Gasteiger partial charge in [-0.15, -0.1) is 0 Å². The molecule has 5 heteroatoms. The first-order chi connectivity index (χ1) is 9.11. The van der Waals surface area contributed by atoms with Crippen LogP contribution in [-0.2, 0) is 9.53 Å². The summed E-state index contributed by atoms with van der Waals surface area (Å²) in [6.45, 7) is 7.79. The minimum absolute atomic E-state index is 0.0443. The Labute approximate surface area is 114 Å². The predicted molar refractivity (Wildman–Crippen MR) is 73.1 cm³/mol. The molecule has 0 amide bonds. The van der Waals surface area contributed by atoms with Crippen LogP contribution in [0.25, 0.3) is 0 Å². The lowest BCUT2D eigenvalue weighted by atomic mass is 9.98. The van der Waals surface area contributed by atoms with Gasteiger partial charge in [0.05, 0.1) is 30.1 Å². The second-order valence-corrected chi connectivity index (χ2v) is 4.94. The van der Waals surface area contributed by atoms with Gasteiger partial charge in [-0.25, -0.2) is 4.98 Å². The minimum atomic E-state index is -0.0935. The lowest BCUT2D eigenvalue weighted by Crippen LogP contribution is -2.40. The van der Waals surface area contributed by atoms with Gasteiger partial charge in [-0.05, 0) is 33.6 Å². The van der Waals surface area contributed by atoms with E-state index in [9.17, 15) is 4.79 Å². The van der Waals surface area contributed by atoms with E-state index in [0.29, 0.717) is 13.2 Å². The lowest BCUT2D eigenvalue weighted by Gasteiger charge is -2.32. The largest absolute Gasteiger partial charge is 0.466 e. The van der Waals surface area contributed by atoms with Crippen molar-refractivity contribution in [1.29, 1.82) is 0 Å². The number of hydrogen-bond acceptors (Lipinski definition) is 5. The third kappa shape index (κ3) is 3.22. The summed E-state index contributed by atoms with van der Waals surface area (Å²) in [5.41, 5.74) is 1.89. The van der Waals surface area contributed by atoms with Crippen molar-refractivity contribution < 1.29 is 9.53 Å². The maximum Gasteiger partial charge on any atom is 0.310 e. The van der Waals surface area contributed by atoms with Crippen molar-refractivity contribution in [2.24, 2.45) is 5.92 Å². The standard InChI is InChI=1S/C14H21N3O2/c1-4-19-14(18)12-6-5-7-17(9-12)13-8-15-10(2)11(3)16-13/h8,12H,4-7,9H2,1-3H3. The second-order valence-electron chi connectivity index (χ2n) is 4.94. The highest BCUT2D eigenvalue weighted by atomic mass is 16.5. The molecule has 0 aliphatic carbocycles. The van der Waals surface area contributed by atoms with Gasteiger partial charge < -0.3 is 9.64 Å². The second kappa shape index (κ2) is 5.99. The number of ether oxygens (including phenoxy) is 1. The van der Waals surface area contributed by atoms with Gasteiger partial charge in [0.15, 0.2) is 0 Å². The molecule has 1 aromatic heterocycles. The number of nitrogens with zero attached hydrogens (tertiary/aromatic N) is 3. The van der Waals surface area contributed by atoms with E-state index >= 15 is 0 Å². The number of piperidine rings is 1. The molecule has 1 aliphatic heterocycles. The molecular formula is C14H21N3O2. The summed E-state index contributed by atoms with van der Waals surface area (Å²) in [5, 5.41) is 0. The third-order valence-electron chi connectivity index (χ3n) is 3.54. The summed E-state index contributed by atoms with van der Waals surface area (Å²) in [6, 6.07) is 0. The molecule has 104 valence electrons. The van der Waals surface area contributed by atoms with Crippen LogP contribution in [0.5, 0.6) is 0 Å². The van der Waals surface area contributed by atoms with Crippen molar-refractivity contribution in [1.82, 2.24) is 9.97 Å². The van der Waals surface area contributed by atoms with Gasteiger partial charge in [-0.1, -0.05) is 0 Å². The predicted octanol–water partition coefficient (Wildman–Crippen LogP) is 1.87. The zero-order chi connectivity index (χ0) is 13.8. The van der Waals surface area contributed by atoms with E-state index in [4.69, 9.17) is 4.74 Å². The van der Waals surface area contributed by atoms with Gasteiger partial charge in [-0.3, -0.25) is 9.78 Å². The Balaban J connectivity index is 2.08. The zero-order valence-electron chi connectivity index (χ0n) is 11.8. The monoisotopic (exact) mass is 263 g/mol. The Hall–Kier alpha value is -1.65. The molecule has 0 radical (unpaired) electrons. The van der Waals surface area contributed by atoms with Crippen LogP contribution in [0.4, 0.5) is 5.82 Å². The first-order valence-electron chi connectivity index (χ1n) is 6.83. The smallest absolute Gasteiger partial charge is 0.310 e. The molecule has 2 heterocycles. The number of aryl methyl sites for hydroxylation is 2. The molecule has 1 atom stereocenters. The number of hydrogen-bond donors (Lipinski definition) is 0. The van der Waals surface area contributed by atoms with Crippen molar-refractivity contribution in [2.45, 2.75) is 33.6 Å². The molecule has 1 aromatic rings. The Kier molecular flexibility index (Phi) is 4.35. The van der Waals surface area contributed by atoms with E-state index in [1.807, 2.05) is 20.8 Å². The maximum absolute atomic E-state index is 11.8. The summed E-state index contributed by atoms with van der Waals surface area (Å²) in [5.74, 6) is 0.721. The number of esters is 1. The van der Waals surface area contributed by atoms with Gasteiger partial charge in [-0.2, -0.15) is 0 Å². The molecule has 0 saturated carbocycles. The summed E-state index contributed by atoms with van der Waals surface area (Å²) < 4.78 is 5.11. The average Bonchev–Trinajstić information content (AvgIpc) is 2.42. The summed E-state index contributed by atoms with van der Waals surface area (Å²) in [4.78, 5) is 22.8. The van der Waals surface area contributed by atoms with Crippen LogP contribution in [0.2, 0.25) is 0 Å². The van der Waals surface area contributed by atoms with Gasteiger partial charge in [0, 0.05) is 13.1 Å². The van der Waals surface area contributed by atoms with Crippen molar-refractivity contribution in [3.8, 4) is 0 Å². The quantitative estimate of drug-likeness (QED) is 0.779. The van der Waals surface area contributed by atoms with E-state index in [-0.39, 0.29) is 11.9 Å². The summed E-state index contributed by atoms with van der Waals surface area (Å²) in [6.07, 6.45) is 3.67. The first kappa shape index (κ1) is 13.8. The van der Waals surface area contributed by atoms with Crippen molar-refractivity contribution in [3.63, 3.8) is 0 Å². The maximum atomic E-state index is 11.8.